The molecule has 0 aliphatic carbocycles. The SMILES string of the molecule is CC(C)CN=C1NC(=O)C(CC(C)(C)C)N1. The lowest BCUT2D eigenvalue weighted by Crippen LogP contribution is -2.33. The first-order valence-electron chi connectivity index (χ1n) is 5.90. The number of hydrogen-bond donors (Lipinski definition) is 2. The van der Waals surface area contributed by atoms with Crippen LogP contribution in [0.5, 0.6) is 0 Å². The molecule has 0 radical (unpaired) electrons. The second-order valence-corrected chi connectivity index (χ2v) is 6.03. The highest BCUT2D eigenvalue weighted by atomic mass is 16.2. The quantitative estimate of drug-likeness (QED) is 0.765. The monoisotopic (exact) mass is 225 g/mol. The summed E-state index contributed by atoms with van der Waals surface area (Å²) in [7, 11) is 0. The number of rotatable bonds is 3. The van der Waals surface area contributed by atoms with Gasteiger partial charge >= 0.3 is 0 Å². The van der Waals surface area contributed by atoms with Crippen molar-refractivity contribution >= 4 is 11.9 Å². The molecule has 1 aliphatic heterocycles. The third kappa shape index (κ3) is 4.21. The second-order valence-electron chi connectivity index (χ2n) is 6.03. The van der Waals surface area contributed by atoms with Gasteiger partial charge in [0.2, 0.25) is 5.91 Å². The summed E-state index contributed by atoms with van der Waals surface area (Å²) in [6.45, 7) is 11.3. The third-order valence-electron chi connectivity index (χ3n) is 2.30. The minimum atomic E-state index is -0.133. The van der Waals surface area contributed by atoms with E-state index in [0.717, 1.165) is 13.0 Å². The molecule has 1 atom stereocenters. The number of nitrogens with one attached hydrogen (secondary N) is 2. The standard InChI is InChI=1S/C12H23N3O/c1-8(2)7-13-11-14-9(10(16)15-11)6-12(3,4)5/h8-9H,6-7H2,1-5H3,(H2,13,14,15,16). The van der Waals surface area contributed by atoms with E-state index in [2.05, 4.69) is 50.2 Å². The van der Waals surface area contributed by atoms with Gasteiger partial charge in [-0.1, -0.05) is 34.6 Å². The third-order valence-corrected chi connectivity index (χ3v) is 2.30. The Bertz CT molecular complexity index is 289. The summed E-state index contributed by atoms with van der Waals surface area (Å²) in [5.41, 5.74) is 0.141. The molecule has 2 N–H and O–H groups in total. The van der Waals surface area contributed by atoms with Crippen LogP contribution >= 0.6 is 0 Å². The number of carbonyl (C=O) groups excluding carboxylic acids is 1. The van der Waals surface area contributed by atoms with Crippen LogP contribution in [0.4, 0.5) is 0 Å². The van der Waals surface area contributed by atoms with Crippen LogP contribution in [0.3, 0.4) is 0 Å². The van der Waals surface area contributed by atoms with Crippen molar-refractivity contribution in [2.75, 3.05) is 6.54 Å². The van der Waals surface area contributed by atoms with Gasteiger partial charge in [-0.15, -0.1) is 0 Å². The molecule has 1 saturated heterocycles. The van der Waals surface area contributed by atoms with E-state index in [0.29, 0.717) is 11.9 Å². The first kappa shape index (κ1) is 13.0. The fourth-order valence-corrected chi connectivity index (χ4v) is 1.59. The van der Waals surface area contributed by atoms with Crippen molar-refractivity contribution in [2.24, 2.45) is 16.3 Å². The summed E-state index contributed by atoms with van der Waals surface area (Å²) in [5, 5.41) is 5.92. The topological polar surface area (TPSA) is 53.5 Å². The first-order valence-corrected chi connectivity index (χ1v) is 5.90. The van der Waals surface area contributed by atoms with Crippen molar-refractivity contribution in [3.8, 4) is 0 Å². The molecule has 4 nitrogen and oxygen atoms in total. The second kappa shape index (κ2) is 4.85. The highest BCUT2D eigenvalue weighted by molar-refractivity contribution is 6.06. The van der Waals surface area contributed by atoms with Gasteiger partial charge in [-0.05, 0) is 17.8 Å². The summed E-state index contributed by atoms with van der Waals surface area (Å²) in [6.07, 6.45) is 0.819. The predicted octanol–water partition coefficient (Wildman–Crippen LogP) is 1.52. The molecule has 16 heavy (non-hydrogen) atoms. The first-order chi connectivity index (χ1) is 7.28. The highest BCUT2D eigenvalue weighted by Gasteiger charge is 2.31. The van der Waals surface area contributed by atoms with Crippen molar-refractivity contribution < 1.29 is 4.79 Å². The average Bonchev–Trinajstić information content (AvgIpc) is 2.41. The Morgan fingerprint density at radius 2 is 2.00 bits per heavy atom. The Morgan fingerprint density at radius 3 is 2.50 bits per heavy atom. The zero-order valence-corrected chi connectivity index (χ0v) is 10.9. The van der Waals surface area contributed by atoms with E-state index in [1.807, 2.05) is 0 Å². The number of hydrogen-bond acceptors (Lipinski definition) is 2. The molecule has 1 amide bonds. The average molecular weight is 225 g/mol. The van der Waals surface area contributed by atoms with Crippen LogP contribution in [0.1, 0.15) is 41.0 Å². The van der Waals surface area contributed by atoms with Crippen molar-refractivity contribution in [3.05, 3.63) is 0 Å². The number of carbonyl (C=O) groups is 1. The van der Waals surface area contributed by atoms with Crippen molar-refractivity contribution in [2.45, 2.75) is 47.1 Å². The van der Waals surface area contributed by atoms with Gasteiger partial charge in [-0.25, -0.2) is 0 Å². The van der Waals surface area contributed by atoms with E-state index in [-0.39, 0.29) is 17.4 Å². The molecule has 0 spiro atoms. The molecule has 0 aromatic carbocycles. The summed E-state index contributed by atoms with van der Waals surface area (Å²) >= 11 is 0. The van der Waals surface area contributed by atoms with Crippen LogP contribution < -0.4 is 10.6 Å². The van der Waals surface area contributed by atoms with E-state index in [1.54, 1.807) is 0 Å². The molecular weight excluding hydrogens is 202 g/mol. The Balaban J connectivity index is 2.54. The maximum atomic E-state index is 11.7. The molecule has 0 aromatic heterocycles. The van der Waals surface area contributed by atoms with Crippen LogP contribution in [-0.2, 0) is 4.79 Å². The van der Waals surface area contributed by atoms with Crippen LogP contribution in [-0.4, -0.2) is 24.5 Å². The van der Waals surface area contributed by atoms with Crippen molar-refractivity contribution in [3.63, 3.8) is 0 Å². The maximum Gasteiger partial charge on any atom is 0.249 e. The normalized spacial score (nSPS) is 23.8. The predicted molar refractivity (Wildman–Crippen MR) is 66.3 cm³/mol. The highest BCUT2D eigenvalue weighted by Crippen LogP contribution is 2.21. The molecule has 0 bridgehead atoms. The molecule has 1 aliphatic rings. The lowest BCUT2D eigenvalue weighted by molar-refractivity contribution is -0.120. The number of amides is 1. The lowest BCUT2D eigenvalue weighted by Gasteiger charge is -2.21. The summed E-state index contributed by atoms with van der Waals surface area (Å²) in [6, 6.07) is -0.133. The Hall–Kier alpha value is -1.06. The van der Waals surface area contributed by atoms with E-state index in [9.17, 15) is 4.79 Å². The maximum absolute atomic E-state index is 11.7. The molecule has 0 aromatic rings. The molecule has 1 rings (SSSR count). The molecular formula is C12H23N3O. The van der Waals surface area contributed by atoms with Gasteiger partial charge < -0.3 is 5.32 Å². The number of guanidine groups is 1. The van der Waals surface area contributed by atoms with Gasteiger partial charge in [-0.3, -0.25) is 15.1 Å². The smallest absolute Gasteiger partial charge is 0.249 e. The van der Waals surface area contributed by atoms with Gasteiger partial charge in [0.1, 0.15) is 6.04 Å². The van der Waals surface area contributed by atoms with Gasteiger partial charge in [0, 0.05) is 6.54 Å². The molecule has 0 saturated carbocycles. The summed E-state index contributed by atoms with van der Waals surface area (Å²) in [4.78, 5) is 16.0. The van der Waals surface area contributed by atoms with E-state index >= 15 is 0 Å². The van der Waals surface area contributed by atoms with Gasteiger partial charge in [0.25, 0.3) is 0 Å². The Kier molecular flexibility index (Phi) is 3.94. The van der Waals surface area contributed by atoms with Gasteiger partial charge in [0.15, 0.2) is 5.96 Å². The summed E-state index contributed by atoms with van der Waals surface area (Å²) < 4.78 is 0. The lowest BCUT2D eigenvalue weighted by atomic mass is 9.88. The number of aliphatic imine (C=N–C) groups is 1. The zero-order valence-electron chi connectivity index (χ0n) is 10.9. The number of nitrogens with zero attached hydrogens (tertiary/aromatic N) is 1. The minimum Gasteiger partial charge on any atom is -0.344 e. The molecule has 1 heterocycles. The summed E-state index contributed by atoms with van der Waals surface area (Å²) in [5.74, 6) is 1.18. The minimum absolute atomic E-state index is 0.0393. The van der Waals surface area contributed by atoms with E-state index in [4.69, 9.17) is 0 Å². The fourth-order valence-electron chi connectivity index (χ4n) is 1.59. The Labute approximate surface area is 97.9 Å². The van der Waals surface area contributed by atoms with Crippen LogP contribution in [0, 0.1) is 11.3 Å². The van der Waals surface area contributed by atoms with Crippen LogP contribution in [0.15, 0.2) is 4.99 Å². The Morgan fingerprint density at radius 1 is 1.38 bits per heavy atom. The van der Waals surface area contributed by atoms with Gasteiger partial charge in [-0.2, -0.15) is 0 Å². The molecule has 1 fully saturated rings. The molecule has 92 valence electrons. The van der Waals surface area contributed by atoms with E-state index in [1.165, 1.54) is 0 Å². The van der Waals surface area contributed by atoms with Crippen molar-refractivity contribution in [1.29, 1.82) is 0 Å². The van der Waals surface area contributed by atoms with E-state index < -0.39 is 0 Å². The van der Waals surface area contributed by atoms with Crippen molar-refractivity contribution in [1.82, 2.24) is 10.6 Å². The van der Waals surface area contributed by atoms with Gasteiger partial charge in [0.05, 0.1) is 0 Å². The molecule has 4 heteroatoms. The molecule has 1 unspecified atom stereocenters. The van der Waals surface area contributed by atoms with Crippen LogP contribution in [0.25, 0.3) is 0 Å². The fraction of sp³-hybridized carbons (Fsp3) is 0.833. The zero-order chi connectivity index (χ0) is 12.3. The van der Waals surface area contributed by atoms with Crippen LogP contribution in [0.2, 0.25) is 0 Å². The largest absolute Gasteiger partial charge is 0.344 e.